The van der Waals surface area contributed by atoms with Gasteiger partial charge in [-0.3, -0.25) is 24.0 Å². The molecule has 5 heterocycles. The number of rotatable bonds is 45. The molecule has 0 spiro atoms. The van der Waals surface area contributed by atoms with Crippen molar-refractivity contribution in [2.24, 2.45) is 0 Å². The molecule has 4 aromatic rings. The maximum Gasteiger partial charge on any atom is 0.222 e. The molecule has 0 saturated carbocycles. The van der Waals surface area contributed by atoms with Crippen LogP contribution in [0.4, 0.5) is 0 Å². The number of aryl methyl sites for hydroxylation is 1. The number of aromatic nitrogens is 10. The van der Waals surface area contributed by atoms with E-state index in [1.165, 1.54) is 20.2 Å². The third-order valence-electron chi connectivity index (χ3n) is 14.1. The molecule has 91 heavy (non-hydrogen) atoms. The van der Waals surface area contributed by atoms with Gasteiger partial charge in [0.15, 0.2) is 24.7 Å². The highest BCUT2D eigenvalue weighted by atomic mass is 16.7. The molecular weight excluding hydrogens is 1200 g/mol. The summed E-state index contributed by atoms with van der Waals surface area (Å²) in [6, 6.07) is 4.53. The molecule has 10 N–H and O–H groups in total. The lowest BCUT2D eigenvalue weighted by molar-refractivity contribution is -0.272. The number of aliphatic hydroxyl groups is 6. The first-order valence-electron chi connectivity index (χ1n) is 30.1. The molecule has 11 atom stereocenters. The standard InChI is InChI=1S/C56H86N14O21/c1-36(73)60-48-52(80)50(78)44(31-71)90-55(48)88-27-25-84-23-21-82-19-15-69-29-40(63-67-69)33-86-17-12-46(76)57-14-4-3-5-42(43(75)11-8-38-6-9-39(10-7-38)54-65-58-35-59-66-54)62-47(77)13-18-87-34-41-30-70(68-64-41)16-20-83-22-24-85-26-28-89-56-49(61-37(2)74)53(81)51(79)45(32-72)91-56/h6-7,9-10,29-30,35,42,44-45,48-53,55-56,71-72,78-81H,3-5,8,11-28,31-34H2,1-2H3,(H,57,76)(H,60,73)(H,61,74)(H,62,77)/t42?,44-,45-,48-,49-,50+,51+,52-,53-,55?,56?/m1/s1. The van der Waals surface area contributed by atoms with Gasteiger partial charge in [-0.15, -0.1) is 30.6 Å². The van der Waals surface area contributed by atoms with Crippen molar-refractivity contribution in [3.8, 4) is 11.4 Å². The zero-order valence-electron chi connectivity index (χ0n) is 51.1. The first-order chi connectivity index (χ1) is 44.1. The Balaban J connectivity index is 0.808. The number of carbonyl (C=O) groups excluding carboxylic acids is 5. The van der Waals surface area contributed by atoms with Crippen LogP contribution in [0.15, 0.2) is 43.0 Å². The molecule has 6 rings (SSSR count). The van der Waals surface area contributed by atoms with Crippen molar-refractivity contribution >= 4 is 29.4 Å². The van der Waals surface area contributed by atoms with Gasteiger partial charge in [-0.2, -0.15) is 0 Å². The quantitative estimate of drug-likeness (QED) is 0.0187. The molecule has 2 aliphatic rings. The summed E-state index contributed by atoms with van der Waals surface area (Å²) in [5, 5.41) is 103. The van der Waals surface area contributed by atoms with Crippen LogP contribution in [0.2, 0.25) is 0 Å². The van der Waals surface area contributed by atoms with Crippen LogP contribution in [0.1, 0.15) is 69.3 Å². The highest BCUT2D eigenvalue weighted by Gasteiger charge is 2.46. The van der Waals surface area contributed by atoms with Gasteiger partial charge in [0.1, 0.15) is 60.1 Å². The number of aliphatic hydroxyl groups excluding tert-OH is 6. The van der Waals surface area contributed by atoms with Gasteiger partial charge < -0.3 is 99.3 Å². The van der Waals surface area contributed by atoms with Crippen molar-refractivity contribution in [2.75, 3.05) is 99.0 Å². The summed E-state index contributed by atoms with van der Waals surface area (Å²) < 4.78 is 59.2. The molecule has 0 aliphatic carbocycles. The summed E-state index contributed by atoms with van der Waals surface area (Å²) in [6.07, 6.45) is -3.27. The average Bonchev–Trinajstić information content (AvgIpc) is 1.81. The number of Topliss-reactive ketones (excluding diaryl/α,β-unsaturated/α-hetero) is 1. The van der Waals surface area contributed by atoms with E-state index in [2.05, 4.69) is 62.3 Å². The second-order valence-corrected chi connectivity index (χ2v) is 21.1. The molecule has 1 aromatic carbocycles. The Labute approximate surface area is 524 Å². The number of nitrogens with one attached hydrogen (secondary N) is 4. The molecular formula is C56H86N14O21. The van der Waals surface area contributed by atoms with Crippen LogP contribution in [-0.4, -0.2) is 277 Å². The fraction of sp³-hybridized carbons (Fsp3) is 0.696. The summed E-state index contributed by atoms with van der Waals surface area (Å²) in [5.74, 6) is -1.26. The molecule has 4 amide bonds. The van der Waals surface area contributed by atoms with E-state index in [0.29, 0.717) is 75.7 Å². The van der Waals surface area contributed by atoms with Crippen LogP contribution in [0.5, 0.6) is 0 Å². The van der Waals surface area contributed by atoms with Gasteiger partial charge in [-0.25, -0.2) is 9.36 Å². The highest BCUT2D eigenvalue weighted by molar-refractivity contribution is 5.89. The van der Waals surface area contributed by atoms with E-state index < -0.39 is 92.4 Å². The van der Waals surface area contributed by atoms with Crippen molar-refractivity contribution in [2.45, 2.75) is 152 Å². The minimum absolute atomic E-state index is 0.0148. The van der Waals surface area contributed by atoms with Crippen molar-refractivity contribution in [1.82, 2.24) is 71.6 Å². The Morgan fingerprint density at radius 1 is 0.571 bits per heavy atom. The number of ketones is 1. The summed E-state index contributed by atoms with van der Waals surface area (Å²) in [4.78, 5) is 62.8. The highest BCUT2D eigenvalue weighted by Crippen LogP contribution is 2.24. The number of amides is 4. The van der Waals surface area contributed by atoms with Crippen LogP contribution in [0.3, 0.4) is 0 Å². The molecule has 2 fully saturated rings. The SMILES string of the molecule is CC(=O)N[C@H]1C(OCCOCCOCCn2cc(COCCC(=O)NCCCCC(NC(=O)CCOCc3cn(CCOCCOCCOC4O[C@H](CO)[C@H](O)[C@H](O)[C@H]4NC(C)=O)nn3)C(=O)CCc3ccc(-c4nncnn4)cc3)nn2)O[C@H](CO)[C@H](O)[C@@H]1O. The third kappa shape index (κ3) is 26.5. The molecule has 0 bridgehead atoms. The molecule has 0 radical (unpaired) electrons. The maximum absolute atomic E-state index is 13.7. The van der Waals surface area contributed by atoms with Crippen LogP contribution >= 0.6 is 0 Å². The number of hydrogen-bond acceptors (Lipinski definition) is 29. The first-order valence-corrected chi connectivity index (χ1v) is 30.1. The van der Waals surface area contributed by atoms with Gasteiger partial charge in [-0.1, -0.05) is 34.7 Å². The molecule has 2 aliphatic heterocycles. The maximum atomic E-state index is 13.7. The van der Waals surface area contributed by atoms with E-state index in [1.807, 2.05) is 24.3 Å². The van der Waals surface area contributed by atoms with E-state index in [1.54, 1.807) is 21.8 Å². The Bertz CT molecular complexity index is 2740. The lowest BCUT2D eigenvalue weighted by atomic mass is 9.97. The lowest BCUT2D eigenvalue weighted by Gasteiger charge is -2.42. The van der Waals surface area contributed by atoms with E-state index in [0.717, 1.165) is 11.1 Å². The monoisotopic (exact) mass is 1290 g/mol. The Kier molecular flexibility index (Phi) is 33.1. The summed E-state index contributed by atoms with van der Waals surface area (Å²) in [5.41, 5.74) is 2.73. The van der Waals surface area contributed by atoms with Crippen molar-refractivity contribution in [3.05, 3.63) is 59.9 Å². The topological polar surface area (TPSA) is 460 Å². The predicted octanol–water partition coefficient (Wildman–Crippen LogP) is -4.41. The van der Waals surface area contributed by atoms with Gasteiger partial charge in [0.2, 0.25) is 29.5 Å². The fourth-order valence-electron chi connectivity index (χ4n) is 9.29. The van der Waals surface area contributed by atoms with Crippen LogP contribution in [0, 0.1) is 0 Å². The van der Waals surface area contributed by atoms with Crippen LogP contribution in [-0.2, 0) is 104 Å². The van der Waals surface area contributed by atoms with E-state index in [-0.39, 0.29) is 116 Å². The van der Waals surface area contributed by atoms with Crippen LogP contribution in [0.25, 0.3) is 11.4 Å². The second kappa shape index (κ2) is 41.0. The largest absolute Gasteiger partial charge is 0.394 e. The molecule has 35 nitrogen and oxygen atoms in total. The molecule has 506 valence electrons. The summed E-state index contributed by atoms with van der Waals surface area (Å²) in [6.45, 7) is 4.98. The van der Waals surface area contributed by atoms with Crippen molar-refractivity contribution < 1.29 is 102 Å². The Hall–Kier alpha value is -6.65. The van der Waals surface area contributed by atoms with Gasteiger partial charge in [0.25, 0.3) is 0 Å². The average molecular weight is 1290 g/mol. The van der Waals surface area contributed by atoms with E-state index in [9.17, 15) is 54.6 Å². The van der Waals surface area contributed by atoms with E-state index >= 15 is 0 Å². The number of ether oxygens (including phenoxy) is 10. The lowest BCUT2D eigenvalue weighted by Crippen LogP contribution is -2.64. The minimum Gasteiger partial charge on any atom is -0.394 e. The van der Waals surface area contributed by atoms with Gasteiger partial charge in [0, 0.05) is 45.2 Å². The number of benzene rings is 1. The summed E-state index contributed by atoms with van der Waals surface area (Å²) >= 11 is 0. The molecule has 3 unspecified atom stereocenters. The first kappa shape index (κ1) is 73.4. The number of nitrogens with zero attached hydrogens (tertiary/aromatic N) is 10. The molecule has 3 aromatic heterocycles. The number of hydrogen-bond donors (Lipinski definition) is 10. The normalized spacial score (nSPS) is 21.9. The van der Waals surface area contributed by atoms with Crippen molar-refractivity contribution in [1.29, 1.82) is 0 Å². The minimum atomic E-state index is -1.41. The van der Waals surface area contributed by atoms with Gasteiger partial charge in [-0.05, 0) is 31.2 Å². The van der Waals surface area contributed by atoms with Gasteiger partial charge in [0.05, 0.1) is 137 Å². The Morgan fingerprint density at radius 2 is 1.05 bits per heavy atom. The number of carbonyl (C=O) groups is 5. The fourth-order valence-corrected chi connectivity index (χ4v) is 9.29. The van der Waals surface area contributed by atoms with Crippen LogP contribution < -0.4 is 21.3 Å². The van der Waals surface area contributed by atoms with E-state index in [4.69, 9.17) is 47.4 Å². The second-order valence-electron chi connectivity index (χ2n) is 21.1. The summed E-state index contributed by atoms with van der Waals surface area (Å²) in [7, 11) is 0. The van der Waals surface area contributed by atoms with Gasteiger partial charge >= 0.3 is 0 Å². The zero-order valence-corrected chi connectivity index (χ0v) is 51.1. The Morgan fingerprint density at radius 3 is 1.55 bits per heavy atom. The predicted molar refractivity (Wildman–Crippen MR) is 310 cm³/mol. The molecule has 2 saturated heterocycles. The zero-order chi connectivity index (χ0) is 65.2. The van der Waals surface area contributed by atoms with Crippen molar-refractivity contribution in [3.63, 3.8) is 0 Å². The smallest absolute Gasteiger partial charge is 0.222 e. The number of unbranched alkanes of at least 4 members (excludes halogenated alkanes) is 1. The third-order valence-corrected chi connectivity index (χ3v) is 14.1. The molecule has 35 heteroatoms.